The number of aromatic carboxylic acids is 1. The van der Waals surface area contributed by atoms with E-state index in [1.54, 1.807) is 23.8 Å². The molecule has 0 amide bonds. The van der Waals surface area contributed by atoms with Gasteiger partial charge in [0.25, 0.3) is 5.88 Å². The molecule has 212 valence electrons. The molecular formula is C30H22F3N5O4. The Labute approximate surface area is 237 Å². The highest BCUT2D eigenvalue weighted by molar-refractivity contribution is 5.92. The molecule has 0 spiro atoms. The van der Waals surface area contributed by atoms with E-state index in [1.807, 2.05) is 6.07 Å². The Hall–Kier alpha value is -5.28. The van der Waals surface area contributed by atoms with Gasteiger partial charge >= 0.3 is 5.97 Å². The molecule has 1 N–H and O–H groups in total. The molecule has 0 aliphatic carbocycles. The van der Waals surface area contributed by atoms with Gasteiger partial charge in [-0.05, 0) is 42.0 Å². The smallest absolute Gasteiger partial charge is 0.335 e. The zero-order valence-corrected chi connectivity index (χ0v) is 22.1. The third-order valence-electron chi connectivity index (χ3n) is 6.51. The first-order valence-electron chi connectivity index (χ1n) is 12.6. The van der Waals surface area contributed by atoms with Crippen LogP contribution in [0.3, 0.4) is 0 Å². The summed E-state index contributed by atoms with van der Waals surface area (Å²) < 4.78 is 56.2. The predicted octanol–water partition coefficient (Wildman–Crippen LogP) is 5.30. The minimum Gasteiger partial charge on any atom is -0.478 e. The number of halogens is 3. The van der Waals surface area contributed by atoms with Crippen LogP contribution in [0.25, 0.3) is 22.4 Å². The first-order chi connectivity index (χ1) is 20.3. The van der Waals surface area contributed by atoms with Gasteiger partial charge in [-0.25, -0.2) is 23.5 Å². The Morgan fingerprint density at radius 3 is 2.50 bits per heavy atom. The van der Waals surface area contributed by atoms with Crippen molar-refractivity contribution in [2.24, 2.45) is 0 Å². The van der Waals surface area contributed by atoms with Gasteiger partial charge in [-0.2, -0.15) is 14.6 Å². The number of methoxy groups -OCH3 is 1. The molecule has 0 radical (unpaired) electrons. The van der Waals surface area contributed by atoms with E-state index < -0.39 is 29.3 Å². The fraction of sp³-hybridized carbons (Fsp3) is 0.167. The van der Waals surface area contributed by atoms with E-state index in [4.69, 9.17) is 14.7 Å². The maximum atomic E-state index is 15.3. The Kier molecular flexibility index (Phi) is 8.12. The molecule has 9 nitrogen and oxygen atoms in total. The molecule has 0 fully saturated rings. The summed E-state index contributed by atoms with van der Waals surface area (Å²) in [5.74, 6) is -3.16. The summed E-state index contributed by atoms with van der Waals surface area (Å²) in [7, 11) is 1.54. The van der Waals surface area contributed by atoms with Crippen LogP contribution in [0.1, 0.15) is 32.9 Å². The normalized spacial score (nSPS) is 11.0. The molecule has 5 aromatic rings. The molecular weight excluding hydrogens is 551 g/mol. The van der Waals surface area contributed by atoms with Crippen molar-refractivity contribution in [2.45, 2.75) is 19.6 Å². The third-order valence-corrected chi connectivity index (χ3v) is 6.51. The number of hydrogen-bond donors (Lipinski definition) is 1. The lowest BCUT2D eigenvalue weighted by Gasteiger charge is -2.11. The predicted molar refractivity (Wildman–Crippen MR) is 144 cm³/mol. The molecule has 12 heteroatoms. The van der Waals surface area contributed by atoms with Crippen LogP contribution < -0.4 is 4.74 Å². The molecule has 0 saturated heterocycles. The molecule has 2 aromatic heterocycles. The average Bonchev–Trinajstić information content (AvgIpc) is 3.33. The number of carboxylic acid groups (broad SMARTS) is 1. The molecule has 0 unspecified atom stereocenters. The summed E-state index contributed by atoms with van der Waals surface area (Å²) in [5.41, 5.74) is 2.05. The van der Waals surface area contributed by atoms with Crippen molar-refractivity contribution < 1.29 is 32.5 Å². The van der Waals surface area contributed by atoms with E-state index >= 15 is 4.39 Å². The molecule has 42 heavy (non-hydrogen) atoms. The van der Waals surface area contributed by atoms with Crippen molar-refractivity contribution >= 4 is 17.0 Å². The lowest BCUT2D eigenvalue weighted by Crippen LogP contribution is -2.10. The number of ether oxygens (including phenoxy) is 2. The number of carboxylic acids is 1. The van der Waals surface area contributed by atoms with E-state index in [0.717, 1.165) is 12.3 Å². The zero-order chi connectivity index (χ0) is 29.8. The van der Waals surface area contributed by atoms with Crippen LogP contribution >= 0.6 is 0 Å². The van der Waals surface area contributed by atoms with Gasteiger partial charge in [0.15, 0.2) is 5.82 Å². The Balaban J connectivity index is 1.39. The fourth-order valence-corrected chi connectivity index (χ4v) is 4.34. The highest BCUT2D eigenvalue weighted by Crippen LogP contribution is 2.26. The number of nitrogens with zero attached hydrogens (tertiary/aromatic N) is 5. The Morgan fingerprint density at radius 1 is 1.00 bits per heavy atom. The van der Waals surface area contributed by atoms with E-state index in [-0.39, 0.29) is 41.1 Å². The summed E-state index contributed by atoms with van der Waals surface area (Å²) in [4.78, 5) is 24.0. The fourth-order valence-electron chi connectivity index (χ4n) is 4.34. The second-order valence-electron chi connectivity index (χ2n) is 9.22. The van der Waals surface area contributed by atoms with Crippen LogP contribution in [0.5, 0.6) is 5.88 Å². The average molecular weight is 574 g/mol. The van der Waals surface area contributed by atoms with Crippen LogP contribution in [0.15, 0.2) is 60.8 Å². The van der Waals surface area contributed by atoms with E-state index in [0.29, 0.717) is 35.6 Å². The third kappa shape index (κ3) is 5.91. The second kappa shape index (κ2) is 12.1. The number of carbonyl (C=O) groups is 1. The monoisotopic (exact) mass is 573 g/mol. The van der Waals surface area contributed by atoms with Crippen LogP contribution in [-0.4, -0.2) is 44.3 Å². The van der Waals surface area contributed by atoms with Gasteiger partial charge in [-0.15, -0.1) is 0 Å². The van der Waals surface area contributed by atoms with Gasteiger partial charge in [-0.3, -0.25) is 0 Å². The highest BCUT2D eigenvalue weighted by atomic mass is 19.1. The molecule has 0 saturated carbocycles. The minimum atomic E-state index is -1.07. The van der Waals surface area contributed by atoms with Gasteiger partial charge in [0.05, 0.1) is 41.0 Å². The van der Waals surface area contributed by atoms with Crippen molar-refractivity contribution in [2.75, 3.05) is 13.7 Å². The number of nitriles is 1. The number of hydrogen-bond acceptors (Lipinski definition) is 7. The van der Waals surface area contributed by atoms with Crippen molar-refractivity contribution in [3.8, 4) is 23.3 Å². The molecule has 0 bridgehead atoms. The van der Waals surface area contributed by atoms with Gasteiger partial charge < -0.3 is 19.1 Å². The largest absolute Gasteiger partial charge is 0.478 e. The Morgan fingerprint density at radius 2 is 1.79 bits per heavy atom. The van der Waals surface area contributed by atoms with E-state index in [1.165, 1.54) is 36.4 Å². The number of imidazole rings is 1. The maximum absolute atomic E-state index is 15.3. The van der Waals surface area contributed by atoms with Crippen LogP contribution in [-0.2, 0) is 24.3 Å². The molecule has 5 rings (SSSR count). The standard InChI is InChI=1S/C30H22F3N5O4/c1-41-9-8-38-26-12-20(30(39)40)6-7-25(26)36-27(38)13-18-4-5-19(11-23(18)32)28-35-15-24(33)29(37-28)42-16-21-3-2-17(14-34)10-22(21)31/h2-7,10-12,15H,8-9,13,16H2,1H3,(H,39,40). The van der Waals surface area contributed by atoms with E-state index in [2.05, 4.69) is 15.0 Å². The second-order valence-corrected chi connectivity index (χ2v) is 9.22. The molecule has 0 aliphatic heterocycles. The Bertz CT molecular complexity index is 1850. The SMILES string of the molecule is COCCn1c(Cc2ccc(-c3ncc(F)c(OCc4ccc(C#N)cc4F)n3)cc2F)nc2ccc(C(=O)O)cc21. The lowest BCUT2D eigenvalue weighted by molar-refractivity contribution is 0.0697. The van der Waals surface area contributed by atoms with Gasteiger partial charge in [0, 0.05) is 31.2 Å². The maximum Gasteiger partial charge on any atom is 0.335 e. The number of aromatic nitrogens is 4. The van der Waals surface area contributed by atoms with Crippen LogP contribution in [0.4, 0.5) is 13.2 Å². The highest BCUT2D eigenvalue weighted by Gasteiger charge is 2.17. The van der Waals surface area contributed by atoms with E-state index in [9.17, 15) is 18.7 Å². The topological polar surface area (TPSA) is 123 Å². The molecule has 0 atom stereocenters. The van der Waals surface area contributed by atoms with Crippen molar-refractivity contribution in [1.29, 1.82) is 5.26 Å². The van der Waals surface area contributed by atoms with Crippen molar-refractivity contribution in [3.63, 3.8) is 0 Å². The van der Waals surface area contributed by atoms with Gasteiger partial charge in [0.2, 0.25) is 5.82 Å². The molecule has 2 heterocycles. The van der Waals surface area contributed by atoms with Crippen LogP contribution in [0, 0.1) is 28.8 Å². The summed E-state index contributed by atoms with van der Waals surface area (Å²) in [6.45, 7) is 0.362. The minimum absolute atomic E-state index is 0.00863. The summed E-state index contributed by atoms with van der Waals surface area (Å²) in [6.07, 6.45) is 0.976. The molecule has 0 aliphatic rings. The summed E-state index contributed by atoms with van der Waals surface area (Å²) in [6, 6.07) is 14.5. The zero-order valence-electron chi connectivity index (χ0n) is 22.1. The van der Waals surface area contributed by atoms with Crippen molar-refractivity contribution in [1.82, 2.24) is 19.5 Å². The quantitative estimate of drug-likeness (QED) is 0.239. The van der Waals surface area contributed by atoms with Gasteiger partial charge in [0.1, 0.15) is 24.1 Å². The van der Waals surface area contributed by atoms with Crippen LogP contribution in [0.2, 0.25) is 0 Å². The van der Waals surface area contributed by atoms with Gasteiger partial charge in [-0.1, -0.05) is 18.2 Å². The number of benzene rings is 3. The summed E-state index contributed by atoms with van der Waals surface area (Å²) >= 11 is 0. The molecule has 3 aromatic carbocycles. The first kappa shape index (κ1) is 28.3. The number of rotatable bonds is 10. The first-order valence-corrected chi connectivity index (χ1v) is 12.6. The van der Waals surface area contributed by atoms with Crippen molar-refractivity contribution in [3.05, 3.63) is 106 Å². The summed E-state index contributed by atoms with van der Waals surface area (Å²) in [5, 5.41) is 18.3. The number of fused-ring (bicyclic) bond motifs is 1. The lowest BCUT2D eigenvalue weighted by atomic mass is 10.1.